The van der Waals surface area contributed by atoms with Gasteiger partial charge in [-0.3, -0.25) is 4.79 Å². The molecule has 0 spiro atoms. The monoisotopic (exact) mass is 301 g/mol. The lowest BCUT2D eigenvalue weighted by Gasteiger charge is -2.37. The Hall–Kier alpha value is -0.650. The van der Waals surface area contributed by atoms with Gasteiger partial charge in [0.1, 0.15) is 0 Å². The van der Waals surface area contributed by atoms with E-state index in [2.05, 4.69) is 4.90 Å². The van der Waals surface area contributed by atoms with Gasteiger partial charge in [-0.2, -0.15) is 0 Å². The van der Waals surface area contributed by atoms with E-state index in [9.17, 15) is 9.90 Å². The average Bonchev–Trinajstić information content (AvgIpc) is 2.38. The number of nitrogens with zero attached hydrogens (tertiary/aromatic N) is 1. The van der Waals surface area contributed by atoms with Crippen molar-refractivity contribution in [3.05, 3.63) is 0 Å². The van der Waals surface area contributed by atoms with Gasteiger partial charge < -0.3 is 19.5 Å². The normalized spacial score (nSPS) is 26.3. The summed E-state index contributed by atoms with van der Waals surface area (Å²) in [6.07, 6.45) is 2.98. The molecule has 5 nitrogen and oxygen atoms in total. The van der Waals surface area contributed by atoms with Gasteiger partial charge in [-0.25, -0.2) is 0 Å². The van der Waals surface area contributed by atoms with E-state index >= 15 is 0 Å². The van der Waals surface area contributed by atoms with Crippen LogP contribution in [0.15, 0.2) is 0 Å². The molecule has 0 aliphatic heterocycles. The Morgan fingerprint density at radius 3 is 2.52 bits per heavy atom. The zero-order valence-electron chi connectivity index (χ0n) is 13.9. The number of aliphatic hydroxyl groups is 1. The van der Waals surface area contributed by atoms with Crippen LogP contribution < -0.4 is 0 Å². The van der Waals surface area contributed by atoms with Crippen molar-refractivity contribution in [3.8, 4) is 0 Å². The van der Waals surface area contributed by atoms with Crippen LogP contribution in [0.25, 0.3) is 0 Å². The van der Waals surface area contributed by atoms with E-state index in [1.165, 1.54) is 0 Å². The van der Waals surface area contributed by atoms with Crippen LogP contribution in [0.1, 0.15) is 46.5 Å². The number of carbonyl (C=O) groups is 1. The number of rotatable bonds is 8. The van der Waals surface area contributed by atoms with Crippen molar-refractivity contribution in [3.63, 3.8) is 0 Å². The Labute approximate surface area is 128 Å². The van der Waals surface area contributed by atoms with Gasteiger partial charge in [0, 0.05) is 13.1 Å². The first-order valence-corrected chi connectivity index (χ1v) is 8.05. The summed E-state index contributed by atoms with van der Waals surface area (Å²) < 4.78 is 10.6. The maximum absolute atomic E-state index is 11.7. The number of ether oxygens (including phenoxy) is 2. The summed E-state index contributed by atoms with van der Waals surface area (Å²) in [5, 5.41) is 10.6. The van der Waals surface area contributed by atoms with E-state index in [1.54, 1.807) is 0 Å². The minimum absolute atomic E-state index is 0.0418. The van der Waals surface area contributed by atoms with E-state index in [4.69, 9.17) is 9.47 Å². The first-order chi connectivity index (χ1) is 9.86. The SMILES string of the molecule is CCOC(=O)C1CCC(O)(CN(C)CCOC(C)C)CC1. The lowest BCUT2D eigenvalue weighted by atomic mass is 9.78. The molecular weight excluding hydrogens is 270 g/mol. The third-order valence-electron chi connectivity index (χ3n) is 4.02. The van der Waals surface area contributed by atoms with E-state index < -0.39 is 5.60 Å². The topological polar surface area (TPSA) is 59.0 Å². The van der Waals surface area contributed by atoms with Crippen LogP contribution in [0.5, 0.6) is 0 Å². The minimum atomic E-state index is -0.685. The average molecular weight is 301 g/mol. The van der Waals surface area contributed by atoms with Gasteiger partial charge in [0.2, 0.25) is 0 Å². The van der Waals surface area contributed by atoms with Crippen molar-refractivity contribution >= 4 is 5.97 Å². The molecule has 0 bridgehead atoms. The summed E-state index contributed by atoms with van der Waals surface area (Å²) in [6.45, 7) is 8.40. The lowest BCUT2D eigenvalue weighted by molar-refractivity contribution is -0.151. The van der Waals surface area contributed by atoms with Crippen molar-refractivity contribution < 1.29 is 19.4 Å². The van der Waals surface area contributed by atoms with Gasteiger partial charge in [-0.05, 0) is 53.5 Å². The van der Waals surface area contributed by atoms with Crippen molar-refractivity contribution in [1.29, 1.82) is 0 Å². The van der Waals surface area contributed by atoms with Gasteiger partial charge in [0.15, 0.2) is 0 Å². The van der Waals surface area contributed by atoms with E-state index in [0.29, 0.717) is 45.4 Å². The summed E-state index contributed by atoms with van der Waals surface area (Å²) in [5.41, 5.74) is -0.685. The molecule has 0 aromatic carbocycles. The van der Waals surface area contributed by atoms with Crippen LogP contribution in [0, 0.1) is 5.92 Å². The van der Waals surface area contributed by atoms with Gasteiger partial charge in [0.05, 0.1) is 30.8 Å². The second-order valence-electron chi connectivity index (χ2n) is 6.41. The van der Waals surface area contributed by atoms with Gasteiger partial charge in [-0.1, -0.05) is 0 Å². The van der Waals surface area contributed by atoms with Crippen LogP contribution in [-0.2, 0) is 14.3 Å². The highest BCUT2D eigenvalue weighted by molar-refractivity contribution is 5.72. The number of carbonyl (C=O) groups excluding carboxylic acids is 1. The van der Waals surface area contributed by atoms with Crippen LogP contribution in [0.2, 0.25) is 0 Å². The van der Waals surface area contributed by atoms with Gasteiger partial charge in [0.25, 0.3) is 0 Å². The summed E-state index contributed by atoms with van der Waals surface area (Å²) in [7, 11) is 2.00. The van der Waals surface area contributed by atoms with Crippen molar-refractivity contribution in [2.75, 3.05) is 33.4 Å². The summed E-state index contributed by atoms with van der Waals surface area (Å²) in [4.78, 5) is 13.8. The molecular formula is C16H31NO4. The fourth-order valence-electron chi connectivity index (χ4n) is 2.83. The lowest BCUT2D eigenvalue weighted by Crippen LogP contribution is -2.46. The molecule has 0 saturated heterocycles. The zero-order valence-corrected chi connectivity index (χ0v) is 13.9. The third-order valence-corrected chi connectivity index (χ3v) is 4.02. The smallest absolute Gasteiger partial charge is 0.308 e. The Kier molecular flexibility index (Phi) is 7.63. The molecule has 0 radical (unpaired) electrons. The fraction of sp³-hybridized carbons (Fsp3) is 0.938. The maximum atomic E-state index is 11.7. The Morgan fingerprint density at radius 1 is 1.38 bits per heavy atom. The molecule has 0 aromatic heterocycles. The van der Waals surface area contributed by atoms with Crippen molar-refractivity contribution in [1.82, 2.24) is 4.90 Å². The van der Waals surface area contributed by atoms with E-state index in [0.717, 1.165) is 6.54 Å². The maximum Gasteiger partial charge on any atom is 0.308 e. The standard InChI is InChI=1S/C16H31NO4/c1-5-20-15(18)14-6-8-16(19,9-7-14)12-17(4)10-11-21-13(2)3/h13-14,19H,5-12H2,1-4H3. The molecule has 1 N–H and O–H groups in total. The minimum Gasteiger partial charge on any atom is -0.466 e. The quantitative estimate of drug-likeness (QED) is 0.693. The number of likely N-dealkylation sites (N-methyl/N-ethyl adjacent to an activating group) is 1. The number of hydrogen-bond acceptors (Lipinski definition) is 5. The molecule has 1 rings (SSSR count). The molecule has 1 aliphatic carbocycles. The second kappa shape index (κ2) is 8.71. The number of hydrogen-bond donors (Lipinski definition) is 1. The molecule has 1 saturated carbocycles. The largest absolute Gasteiger partial charge is 0.466 e. The number of esters is 1. The molecule has 5 heteroatoms. The molecule has 0 heterocycles. The summed E-state index contributed by atoms with van der Waals surface area (Å²) in [5.74, 6) is -0.155. The van der Waals surface area contributed by atoms with Crippen LogP contribution >= 0.6 is 0 Å². The second-order valence-corrected chi connectivity index (χ2v) is 6.41. The predicted octanol–water partition coefficient (Wildman–Crippen LogP) is 1.83. The Balaban J connectivity index is 2.31. The third kappa shape index (κ3) is 6.76. The van der Waals surface area contributed by atoms with Gasteiger partial charge in [-0.15, -0.1) is 0 Å². The van der Waals surface area contributed by atoms with Gasteiger partial charge >= 0.3 is 5.97 Å². The predicted molar refractivity (Wildman–Crippen MR) is 82.1 cm³/mol. The highest BCUT2D eigenvalue weighted by Crippen LogP contribution is 2.33. The van der Waals surface area contributed by atoms with Crippen molar-refractivity contribution in [2.45, 2.75) is 58.2 Å². The first kappa shape index (κ1) is 18.4. The first-order valence-electron chi connectivity index (χ1n) is 8.05. The van der Waals surface area contributed by atoms with Crippen LogP contribution in [0.3, 0.4) is 0 Å². The van der Waals surface area contributed by atoms with Crippen LogP contribution in [-0.4, -0.2) is 61.0 Å². The van der Waals surface area contributed by atoms with E-state index in [1.807, 2.05) is 27.8 Å². The summed E-state index contributed by atoms with van der Waals surface area (Å²) in [6, 6.07) is 0. The molecule has 0 unspecified atom stereocenters. The molecule has 0 aromatic rings. The zero-order chi connectivity index (χ0) is 15.9. The van der Waals surface area contributed by atoms with Crippen molar-refractivity contribution in [2.24, 2.45) is 5.92 Å². The van der Waals surface area contributed by atoms with E-state index in [-0.39, 0.29) is 18.0 Å². The molecule has 0 atom stereocenters. The summed E-state index contributed by atoms with van der Waals surface area (Å²) >= 11 is 0. The van der Waals surface area contributed by atoms with Crippen LogP contribution in [0.4, 0.5) is 0 Å². The molecule has 1 aliphatic rings. The molecule has 1 fully saturated rings. The fourth-order valence-corrected chi connectivity index (χ4v) is 2.83. The highest BCUT2D eigenvalue weighted by atomic mass is 16.5. The molecule has 0 amide bonds. The Bertz CT molecular complexity index is 311. The highest BCUT2D eigenvalue weighted by Gasteiger charge is 2.36. The molecule has 21 heavy (non-hydrogen) atoms. The Morgan fingerprint density at radius 2 is 2.00 bits per heavy atom. The molecule has 124 valence electrons.